The number of hydrogen-bond donors (Lipinski definition) is 1. The maximum Gasteiger partial charge on any atom is 0.0960 e. The van der Waals surface area contributed by atoms with Gasteiger partial charge in [0, 0.05) is 18.1 Å². The van der Waals surface area contributed by atoms with E-state index in [1.165, 1.54) is 57.0 Å². The Labute approximate surface area is 185 Å². The molecule has 162 valence electrons. The van der Waals surface area contributed by atoms with Crippen LogP contribution in [0.3, 0.4) is 0 Å². The molecule has 3 fully saturated rings. The second kappa shape index (κ2) is 8.07. The van der Waals surface area contributed by atoms with E-state index in [0.717, 1.165) is 30.7 Å². The molecular formula is C27H34N4. The van der Waals surface area contributed by atoms with Gasteiger partial charge in [0.05, 0.1) is 17.4 Å². The highest BCUT2D eigenvalue weighted by Gasteiger charge is 2.43. The molecule has 4 nitrogen and oxygen atoms in total. The van der Waals surface area contributed by atoms with Gasteiger partial charge in [-0.1, -0.05) is 42.5 Å². The number of rotatable bonds is 5. The summed E-state index contributed by atoms with van der Waals surface area (Å²) in [5.41, 5.74) is 4.35. The third-order valence-corrected chi connectivity index (χ3v) is 8.53. The maximum absolute atomic E-state index is 4.67. The Morgan fingerprint density at radius 1 is 0.871 bits per heavy atom. The van der Waals surface area contributed by atoms with Crippen LogP contribution < -0.4 is 5.32 Å². The molecule has 2 bridgehead atoms. The van der Waals surface area contributed by atoms with Crippen LogP contribution in [-0.4, -0.2) is 46.2 Å². The molecule has 0 aliphatic carbocycles. The zero-order valence-electron chi connectivity index (χ0n) is 18.4. The number of aromatic nitrogens is 2. The molecular weight excluding hydrogens is 380 g/mol. The average molecular weight is 415 g/mol. The molecule has 2 unspecified atom stereocenters. The van der Waals surface area contributed by atoms with Crippen molar-refractivity contribution in [3.8, 4) is 0 Å². The van der Waals surface area contributed by atoms with E-state index in [4.69, 9.17) is 0 Å². The molecule has 0 amide bonds. The van der Waals surface area contributed by atoms with E-state index in [-0.39, 0.29) is 0 Å². The molecule has 1 aromatic heterocycles. The molecule has 2 atom stereocenters. The summed E-state index contributed by atoms with van der Waals surface area (Å²) in [6.07, 6.45) is 11.2. The number of benzene rings is 2. The molecule has 1 N–H and O–H groups in total. The van der Waals surface area contributed by atoms with Gasteiger partial charge in [0.15, 0.2) is 0 Å². The highest BCUT2D eigenvalue weighted by atomic mass is 15.2. The summed E-state index contributed by atoms with van der Waals surface area (Å²) in [6.45, 7) is 3.55. The molecule has 4 heterocycles. The van der Waals surface area contributed by atoms with Gasteiger partial charge < -0.3 is 9.88 Å². The lowest BCUT2D eigenvalue weighted by Gasteiger charge is -2.44. The Morgan fingerprint density at radius 3 is 2.35 bits per heavy atom. The number of imidazole rings is 1. The third kappa shape index (κ3) is 3.50. The molecule has 3 aliphatic rings. The first-order chi connectivity index (χ1) is 15.3. The minimum absolute atomic E-state index is 0.351. The van der Waals surface area contributed by atoms with Crippen LogP contribution in [0.1, 0.15) is 56.6 Å². The fourth-order valence-electron chi connectivity index (χ4n) is 6.83. The van der Waals surface area contributed by atoms with Gasteiger partial charge in [-0.05, 0) is 87.7 Å². The standard InChI is InChI=1S/C27H34N4/c1-2-6-21(7-3-1)27(12-15-28-16-13-27)14-17-30-22-10-11-23(30)19-24(18-22)31-20-29-25-8-4-5-9-26(25)31/h1-9,20,22-24,28H,10-19H2. The van der Waals surface area contributed by atoms with Crippen molar-refractivity contribution < 1.29 is 0 Å². The largest absolute Gasteiger partial charge is 0.327 e. The lowest BCUT2D eigenvalue weighted by atomic mass is 9.70. The first kappa shape index (κ1) is 19.5. The van der Waals surface area contributed by atoms with E-state index in [2.05, 4.69) is 80.7 Å². The van der Waals surface area contributed by atoms with Gasteiger partial charge in [-0.25, -0.2) is 4.98 Å². The summed E-state index contributed by atoms with van der Waals surface area (Å²) >= 11 is 0. The molecule has 31 heavy (non-hydrogen) atoms. The van der Waals surface area contributed by atoms with Gasteiger partial charge in [-0.2, -0.15) is 0 Å². The van der Waals surface area contributed by atoms with E-state index in [1.54, 1.807) is 5.56 Å². The van der Waals surface area contributed by atoms with Crippen LogP contribution in [0, 0.1) is 0 Å². The van der Waals surface area contributed by atoms with Crippen molar-refractivity contribution in [2.75, 3.05) is 19.6 Å². The van der Waals surface area contributed by atoms with Crippen LogP contribution in [0.25, 0.3) is 11.0 Å². The molecule has 0 radical (unpaired) electrons. The number of fused-ring (bicyclic) bond motifs is 3. The van der Waals surface area contributed by atoms with Crippen molar-refractivity contribution in [2.45, 2.75) is 68.5 Å². The number of piperidine rings is 2. The number of nitrogens with one attached hydrogen (secondary N) is 1. The fraction of sp³-hybridized carbons (Fsp3) is 0.519. The van der Waals surface area contributed by atoms with E-state index >= 15 is 0 Å². The predicted octanol–water partition coefficient (Wildman–Crippen LogP) is 4.92. The highest BCUT2D eigenvalue weighted by molar-refractivity contribution is 5.75. The minimum Gasteiger partial charge on any atom is -0.327 e. The molecule has 2 aromatic carbocycles. The fourth-order valence-corrected chi connectivity index (χ4v) is 6.83. The molecule has 3 saturated heterocycles. The van der Waals surface area contributed by atoms with Crippen molar-refractivity contribution in [3.05, 3.63) is 66.5 Å². The van der Waals surface area contributed by atoms with E-state index in [0.29, 0.717) is 11.5 Å². The normalized spacial score (nSPS) is 28.2. The van der Waals surface area contributed by atoms with Gasteiger partial charge in [-0.15, -0.1) is 0 Å². The monoisotopic (exact) mass is 414 g/mol. The van der Waals surface area contributed by atoms with Gasteiger partial charge in [0.25, 0.3) is 0 Å². The van der Waals surface area contributed by atoms with Crippen LogP contribution in [0.15, 0.2) is 60.9 Å². The van der Waals surface area contributed by atoms with Crippen molar-refractivity contribution in [1.29, 1.82) is 0 Å². The Morgan fingerprint density at radius 2 is 1.58 bits per heavy atom. The zero-order valence-corrected chi connectivity index (χ0v) is 18.4. The van der Waals surface area contributed by atoms with Crippen LogP contribution in [-0.2, 0) is 5.41 Å². The minimum atomic E-state index is 0.351. The first-order valence-corrected chi connectivity index (χ1v) is 12.3. The second-order valence-corrected chi connectivity index (χ2v) is 10.0. The Kier molecular flexibility index (Phi) is 5.08. The van der Waals surface area contributed by atoms with Gasteiger partial charge in [-0.3, -0.25) is 4.90 Å². The molecule has 0 saturated carbocycles. The van der Waals surface area contributed by atoms with Crippen molar-refractivity contribution in [2.24, 2.45) is 0 Å². The third-order valence-electron chi connectivity index (χ3n) is 8.53. The first-order valence-electron chi connectivity index (χ1n) is 12.3. The van der Waals surface area contributed by atoms with Crippen LogP contribution in [0.5, 0.6) is 0 Å². The molecule has 3 aromatic rings. The molecule has 0 spiro atoms. The lowest BCUT2D eigenvalue weighted by molar-refractivity contribution is 0.0934. The van der Waals surface area contributed by atoms with E-state index in [9.17, 15) is 0 Å². The highest BCUT2D eigenvalue weighted by Crippen LogP contribution is 2.44. The van der Waals surface area contributed by atoms with Crippen LogP contribution in [0.4, 0.5) is 0 Å². The van der Waals surface area contributed by atoms with Crippen molar-refractivity contribution in [3.63, 3.8) is 0 Å². The summed E-state index contributed by atoms with van der Waals surface area (Å²) in [7, 11) is 0. The second-order valence-electron chi connectivity index (χ2n) is 10.0. The summed E-state index contributed by atoms with van der Waals surface area (Å²) in [6, 6.07) is 22.0. The SMILES string of the molecule is c1ccc(C2(CCN3C4CCC3CC(n3cnc5ccccc53)C4)CCNCC2)cc1. The van der Waals surface area contributed by atoms with Gasteiger partial charge >= 0.3 is 0 Å². The topological polar surface area (TPSA) is 33.1 Å². The predicted molar refractivity (Wildman–Crippen MR) is 126 cm³/mol. The van der Waals surface area contributed by atoms with Crippen molar-refractivity contribution >= 4 is 11.0 Å². The number of nitrogens with zero attached hydrogens (tertiary/aromatic N) is 3. The average Bonchev–Trinajstić information content (AvgIpc) is 3.36. The van der Waals surface area contributed by atoms with E-state index in [1.807, 2.05) is 0 Å². The molecule has 3 aliphatic heterocycles. The van der Waals surface area contributed by atoms with Gasteiger partial charge in [0.2, 0.25) is 0 Å². The summed E-state index contributed by atoms with van der Waals surface area (Å²) in [5, 5.41) is 3.59. The molecule has 6 rings (SSSR count). The zero-order chi connectivity index (χ0) is 20.7. The summed E-state index contributed by atoms with van der Waals surface area (Å²) in [5.74, 6) is 0. The smallest absolute Gasteiger partial charge is 0.0960 e. The van der Waals surface area contributed by atoms with Gasteiger partial charge in [0.1, 0.15) is 0 Å². The van der Waals surface area contributed by atoms with Crippen LogP contribution >= 0.6 is 0 Å². The Bertz CT molecular complexity index is 1010. The summed E-state index contributed by atoms with van der Waals surface area (Å²) < 4.78 is 2.47. The molecule has 4 heteroatoms. The number of hydrogen-bond acceptors (Lipinski definition) is 3. The van der Waals surface area contributed by atoms with E-state index < -0.39 is 0 Å². The lowest BCUT2D eigenvalue weighted by Crippen LogP contribution is -2.47. The quantitative estimate of drug-likeness (QED) is 0.644. The maximum atomic E-state index is 4.67. The van der Waals surface area contributed by atoms with Crippen LogP contribution in [0.2, 0.25) is 0 Å². The Hall–Kier alpha value is -2.17. The van der Waals surface area contributed by atoms with Crippen molar-refractivity contribution in [1.82, 2.24) is 19.8 Å². The Balaban J connectivity index is 1.18. The number of para-hydroxylation sites is 2. The summed E-state index contributed by atoms with van der Waals surface area (Å²) in [4.78, 5) is 7.56.